The minimum absolute atomic E-state index is 0.0439. The molecule has 0 radical (unpaired) electrons. The van der Waals surface area contributed by atoms with Crippen LogP contribution in [-0.4, -0.2) is 32.9 Å². The molecule has 0 unspecified atom stereocenters. The molecule has 0 aliphatic heterocycles. The highest BCUT2D eigenvalue weighted by Gasteiger charge is 2.18. The van der Waals surface area contributed by atoms with Crippen LogP contribution in [-0.2, 0) is 26.0 Å². The quantitative estimate of drug-likeness (QED) is 0.642. The van der Waals surface area contributed by atoms with Crippen LogP contribution in [0, 0.1) is 6.92 Å². The third kappa shape index (κ3) is 6.13. The molecular formula is C21H26N2O5S. The van der Waals surface area contributed by atoms with Crippen molar-refractivity contribution in [3.05, 3.63) is 59.2 Å². The van der Waals surface area contributed by atoms with E-state index in [2.05, 4.69) is 10.0 Å². The van der Waals surface area contributed by atoms with Crippen molar-refractivity contribution in [1.82, 2.24) is 4.72 Å². The summed E-state index contributed by atoms with van der Waals surface area (Å²) < 4.78 is 32.0. The van der Waals surface area contributed by atoms with Crippen LogP contribution >= 0.6 is 0 Å². The van der Waals surface area contributed by atoms with Crippen molar-refractivity contribution in [3.8, 4) is 0 Å². The van der Waals surface area contributed by atoms with E-state index in [0.29, 0.717) is 5.69 Å². The van der Waals surface area contributed by atoms with Crippen molar-refractivity contribution in [2.45, 2.75) is 45.1 Å². The molecule has 156 valence electrons. The molecule has 0 spiro atoms. The Balaban J connectivity index is 2.05. The zero-order valence-electron chi connectivity index (χ0n) is 17.0. The summed E-state index contributed by atoms with van der Waals surface area (Å²) in [6, 6.07) is 10.9. The molecule has 29 heavy (non-hydrogen) atoms. The number of nitrogens with one attached hydrogen (secondary N) is 2. The Hall–Kier alpha value is -2.71. The lowest BCUT2D eigenvalue weighted by Crippen LogP contribution is -2.30. The molecule has 0 bridgehead atoms. The summed E-state index contributed by atoms with van der Waals surface area (Å²) in [6.07, 6.45) is 0.753. The first kappa shape index (κ1) is 22.6. The Kier molecular flexibility index (Phi) is 7.53. The number of esters is 1. The number of hydrogen-bond acceptors (Lipinski definition) is 5. The fourth-order valence-electron chi connectivity index (χ4n) is 2.76. The Morgan fingerprint density at radius 1 is 1.10 bits per heavy atom. The predicted molar refractivity (Wildman–Crippen MR) is 111 cm³/mol. The highest BCUT2D eigenvalue weighted by molar-refractivity contribution is 7.89. The van der Waals surface area contributed by atoms with E-state index < -0.39 is 28.5 Å². The first-order valence-electron chi connectivity index (χ1n) is 9.32. The third-order valence-electron chi connectivity index (χ3n) is 4.11. The summed E-state index contributed by atoms with van der Waals surface area (Å²) in [5.74, 6) is -1.24. The van der Waals surface area contributed by atoms with Gasteiger partial charge in [-0.15, -0.1) is 0 Å². The molecule has 2 N–H and O–H groups in total. The molecule has 0 saturated carbocycles. The normalized spacial score (nSPS) is 11.3. The van der Waals surface area contributed by atoms with E-state index in [1.807, 2.05) is 32.0 Å². The van der Waals surface area contributed by atoms with Gasteiger partial charge >= 0.3 is 5.97 Å². The topological polar surface area (TPSA) is 102 Å². The maximum atomic E-state index is 12.3. The molecule has 0 atom stereocenters. The van der Waals surface area contributed by atoms with Gasteiger partial charge < -0.3 is 10.1 Å². The first-order chi connectivity index (χ1) is 13.6. The van der Waals surface area contributed by atoms with Gasteiger partial charge in [-0.05, 0) is 56.5 Å². The van der Waals surface area contributed by atoms with Gasteiger partial charge in [0.25, 0.3) is 5.91 Å². The van der Waals surface area contributed by atoms with Gasteiger partial charge in [-0.25, -0.2) is 17.9 Å². The fraction of sp³-hybridized carbons (Fsp3) is 0.333. The highest BCUT2D eigenvalue weighted by Crippen LogP contribution is 2.21. The minimum Gasteiger partial charge on any atom is -0.452 e. The zero-order valence-corrected chi connectivity index (χ0v) is 17.8. The van der Waals surface area contributed by atoms with Crippen molar-refractivity contribution in [1.29, 1.82) is 0 Å². The number of aryl methyl sites for hydroxylation is 2. The molecule has 0 aliphatic carbocycles. The summed E-state index contributed by atoms with van der Waals surface area (Å²) in [5.41, 5.74) is 2.67. The molecule has 8 heteroatoms. The third-order valence-corrected chi connectivity index (χ3v) is 5.77. The average Bonchev–Trinajstić information content (AvgIpc) is 2.66. The fourth-order valence-corrected chi connectivity index (χ4v) is 4.06. The summed E-state index contributed by atoms with van der Waals surface area (Å²) in [6.45, 7) is 6.80. The summed E-state index contributed by atoms with van der Waals surface area (Å²) in [4.78, 5) is 24.5. The van der Waals surface area contributed by atoms with Crippen LogP contribution in [0.2, 0.25) is 0 Å². The maximum absolute atomic E-state index is 12.3. The van der Waals surface area contributed by atoms with E-state index in [4.69, 9.17) is 4.74 Å². The van der Waals surface area contributed by atoms with E-state index in [-0.39, 0.29) is 16.5 Å². The second-order valence-corrected chi connectivity index (χ2v) is 8.60. The van der Waals surface area contributed by atoms with E-state index in [1.54, 1.807) is 13.8 Å². The molecular weight excluding hydrogens is 392 g/mol. The molecule has 0 aromatic heterocycles. The van der Waals surface area contributed by atoms with Crippen molar-refractivity contribution in [2.75, 3.05) is 11.9 Å². The van der Waals surface area contributed by atoms with Crippen LogP contribution in [0.3, 0.4) is 0 Å². The lowest BCUT2D eigenvalue weighted by molar-refractivity contribution is -0.119. The highest BCUT2D eigenvalue weighted by atomic mass is 32.2. The Morgan fingerprint density at radius 3 is 2.45 bits per heavy atom. The number of carbonyl (C=O) groups is 2. The van der Waals surface area contributed by atoms with Crippen LogP contribution in [0.15, 0.2) is 47.4 Å². The van der Waals surface area contributed by atoms with Crippen molar-refractivity contribution >= 4 is 27.6 Å². The van der Waals surface area contributed by atoms with Crippen LogP contribution in [0.4, 0.5) is 5.69 Å². The van der Waals surface area contributed by atoms with Crippen LogP contribution in [0.1, 0.15) is 42.3 Å². The molecule has 1 amide bonds. The van der Waals surface area contributed by atoms with Crippen molar-refractivity contribution in [2.24, 2.45) is 0 Å². The van der Waals surface area contributed by atoms with E-state index >= 15 is 0 Å². The van der Waals surface area contributed by atoms with Crippen molar-refractivity contribution < 1.29 is 22.7 Å². The minimum atomic E-state index is -3.74. The molecule has 0 aliphatic rings. The van der Waals surface area contributed by atoms with Crippen molar-refractivity contribution in [3.63, 3.8) is 0 Å². The predicted octanol–water partition coefficient (Wildman–Crippen LogP) is 3.04. The molecule has 2 rings (SSSR count). The summed E-state index contributed by atoms with van der Waals surface area (Å²) >= 11 is 0. The van der Waals surface area contributed by atoms with E-state index in [0.717, 1.165) is 17.5 Å². The van der Waals surface area contributed by atoms with Gasteiger partial charge in [0.1, 0.15) is 0 Å². The number of anilines is 1. The number of sulfonamides is 1. The lowest BCUT2D eigenvalue weighted by Gasteiger charge is -2.13. The largest absolute Gasteiger partial charge is 0.452 e. The molecule has 7 nitrogen and oxygen atoms in total. The van der Waals surface area contributed by atoms with Crippen LogP contribution < -0.4 is 10.0 Å². The standard InChI is InChI=1S/C21H26N2O5S/c1-5-16-9-6-8-15(4)20(16)22-19(24)13-28-21(25)17-10-7-11-18(12-17)29(26,27)23-14(2)3/h6-12,14,23H,5,13H2,1-4H3,(H,22,24). The number of rotatable bonds is 8. The van der Waals surface area contributed by atoms with Gasteiger partial charge in [-0.2, -0.15) is 0 Å². The Labute approximate surface area is 171 Å². The number of hydrogen-bond donors (Lipinski definition) is 2. The van der Waals surface area contributed by atoms with E-state index in [1.165, 1.54) is 24.3 Å². The second kappa shape index (κ2) is 9.67. The van der Waals surface area contributed by atoms with Crippen LogP contribution in [0.5, 0.6) is 0 Å². The molecule has 2 aromatic carbocycles. The van der Waals surface area contributed by atoms with Gasteiger partial charge in [0.05, 0.1) is 10.5 Å². The van der Waals surface area contributed by atoms with Gasteiger partial charge in [-0.3, -0.25) is 4.79 Å². The smallest absolute Gasteiger partial charge is 0.338 e. The Morgan fingerprint density at radius 2 is 1.79 bits per heavy atom. The summed E-state index contributed by atoms with van der Waals surface area (Å²) in [5, 5.41) is 2.77. The SMILES string of the molecule is CCc1cccc(C)c1NC(=O)COC(=O)c1cccc(S(=O)(=O)NC(C)C)c1. The monoisotopic (exact) mass is 418 g/mol. The van der Waals surface area contributed by atoms with Crippen LogP contribution in [0.25, 0.3) is 0 Å². The lowest BCUT2D eigenvalue weighted by atomic mass is 10.1. The first-order valence-corrected chi connectivity index (χ1v) is 10.8. The van der Waals surface area contributed by atoms with Gasteiger partial charge in [0, 0.05) is 11.7 Å². The Bertz CT molecular complexity index is 1000. The van der Waals surface area contributed by atoms with Gasteiger partial charge in [-0.1, -0.05) is 31.2 Å². The van der Waals surface area contributed by atoms with Gasteiger partial charge in [0.2, 0.25) is 10.0 Å². The number of ether oxygens (including phenoxy) is 1. The number of carbonyl (C=O) groups excluding carboxylic acids is 2. The molecule has 0 fully saturated rings. The van der Waals surface area contributed by atoms with Gasteiger partial charge in [0.15, 0.2) is 6.61 Å². The molecule has 0 heterocycles. The van der Waals surface area contributed by atoms with E-state index in [9.17, 15) is 18.0 Å². The summed E-state index contributed by atoms with van der Waals surface area (Å²) in [7, 11) is -3.74. The zero-order chi connectivity index (χ0) is 21.6. The number of para-hydroxylation sites is 1. The second-order valence-electron chi connectivity index (χ2n) is 6.89. The average molecular weight is 419 g/mol. The number of amides is 1. The maximum Gasteiger partial charge on any atom is 0.338 e. The molecule has 0 saturated heterocycles. The number of benzene rings is 2. The molecule has 2 aromatic rings.